The fourth-order valence-electron chi connectivity index (χ4n) is 9.76. The minimum Gasteiger partial charge on any atom is -0.396 e. The molecule has 0 spiro atoms. The molecule has 0 heterocycles. The molecular weight excluding hydrogens is 1010 g/mol. The molecule has 1 radical (unpaired) electrons. The van der Waals surface area contributed by atoms with Crippen LogP contribution in [0.15, 0.2) is 0 Å². The summed E-state index contributed by atoms with van der Waals surface area (Å²) in [5.74, 6) is 0. The standard InChI is InChI=1S/5C14H30O.Nb/c5*1-2-3-4-5-6-7-8-9-10-11-12-13-14-15;/h5*15H,2-14H2,1H3;. The molecule has 0 aromatic carbocycles. The van der Waals surface area contributed by atoms with E-state index in [0.717, 1.165) is 32.1 Å². The molecule has 5 nitrogen and oxygen atoms in total. The van der Waals surface area contributed by atoms with E-state index in [1.54, 1.807) is 0 Å². The Morgan fingerprint density at radius 3 is 0.250 bits per heavy atom. The van der Waals surface area contributed by atoms with E-state index < -0.39 is 0 Å². The second kappa shape index (κ2) is 97.7. The molecule has 0 aromatic rings. The van der Waals surface area contributed by atoms with E-state index in [9.17, 15) is 0 Å². The Morgan fingerprint density at radius 2 is 0.184 bits per heavy atom. The summed E-state index contributed by atoms with van der Waals surface area (Å²) in [6, 6.07) is 0. The Bertz CT molecular complexity index is 606. The van der Waals surface area contributed by atoms with Crippen LogP contribution in [0.3, 0.4) is 0 Å². The van der Waals surface area contributed by atoms with Crippen molar-refractivity contribution in [1.29, 1.82) is 0 Å². The van der Waals surface area contributed by atoms with Gasteiger partial charge >= 0.3 is 0 Å². The number of aliphatic hydroxyl groups excluding tert-OH is 5. The third-order valence-electron chi connectivity index (χ3n) is 15.1. The van der Waals surface area contributed by atoms with Crippen molar-refractivity contribution in [3.8, 4) is 0 Å². The van der Waals surface area contributed by atoms with Crippen molar-refractivity contribution in [2.45, 2.75) is 420 Å². The number of hydrogen-bond donors (Lipinski definition) is 5. The van der Waals surface area contributed by atoms with Gasteiger partial charge in [0.2, 0.25) is 0 Å². The van der Waals surface area contributed by atoms with Gasteiger partial charge in [0, 0.05) is 55.4 Å². The quantitative estimate of drug-likeness (QED) is 0.0309. The van der Waals surface area contributed by atoms with Gasteiger partial charge in [-0.3, -0.25) is 0 Å². The van der Waals surface area contributed by atoms with Gasteiger partial charge in [-0.15, -0.1) is 0 Å². The summed E-state index contributed by atoms with van der Waals surface area (Å²) in [4.78, 5) is 0. The van der Waals surface area contributed by atoms with Crippen LogP contribution in [0.25, 0.3) is 0 Å². The van der Waals surface area contributed by atoms with E-state index in [1.165, 1.54) is 353 Å². The fourth-order valence-corrected chi connectivity index (χ4v) is 9.76. The zero-order valence-corrected chi connectivity index (χ0v) is 55.8. The molecule has 0 amide bonds. The van der Waals surface area contributed by atoms with Gasteiger partial charge in [0.25, 0.3) is 0 Å². The molecule has 0 saturated carbocycles. The Labute approximate surface area is 498 Å². The Morgan fingerprint density at radius 1 is 0.118 bits per heavy atom. The van der Waals surface area contributed by atoms with Crippen molar-refractivity contribution in [3.63, 3.8) is 0 Å². The van der Waals surface area contributed by atoms with Crippen LogP contribution in [-0.2, 0) is 22.4 Å². The van der Waals surface area contributed by atoms with Crippen molar-refractivity contribution in [3.05, 3.63) is 0 Å². The van der Waals surface area contributed by atoms with Gasteiger partial charge < -0.3 is 25.5 Å². The minimum atomic E-state index is 0. The van der Waals surface area contributed by atoms with Crippen LogP contribution >= 0.6 is 0 Å². The van der Waals surface area contributed by atoms with Crippen LogP contribution in [0.1, 0.15) is 420 Å². The van der Waals surface area contributed by atoms with Gasteiger partial charge in [-0.1, -0.05) is 388 Å². The summed E-state index contributed by atoms with van der Waals surface area (Å²) >= 11 is 0. The number of unbranched alkanes of at least 4 members (excludes halogenated alkanes) is 55. The third-order valence-corrected chi connectivity index (χ3v) is 15.1. The third kappa shape index (κ3) is 110. The van der Waals surface area contributed by atoms with Crippen molar-refractivity contribution in [2.75, 3.05) is 33.0 Å². The normalized spacial score (nSPS) is 10.7. The van der Waals surface area contributed by atoms with E-state index in [4.69, 9.17) is 25.5 Å². The summed E-state index contributed by atoms with van der Waals surface area (Å²) in [5.41, 5.74) is 0. The van der Waals surface area contributed by atoms with Crippen LogP contribution < -0.4 is 0 Å². The molecule has 0 aliphatic rings. The number of rotatable bonds is 60. The maximum atomic E-state index is 8.61. The Balaban J connectivity index is -0.000000201. The maximum Gasteiger partial charge on any atom is 0.0431 e. The minimum absolute atomic E-state index is 0. The SMILES string of the molecule is CCCCCCCCCCCCCCO.CCCCCCCCCCCCCCO.CCCCCCCCCCCCCCO.CCCCCCCCCCCCCCO.CCCCCCCCCCCCCCO.[Nb]. The molecule has 0 unspecified atom stereocenters. The molecule has 0 aliphatic heterocycles. The zero-order valence-electron chi connectivity index (χ0n) is 53.6. The van der Waals surface area contributed by atoms with Gasteiger partial charge in [-0.25, -0.2) is 0 Å². The van der Waals surface area contributed by atoms with E-state index in [2.05, 4.69) is 34.6 Å². The van der Waals surface area contributed by atoms with E-state index >= 15 is 0 Å². The predicted octanol–water partition coefficient (Wildman–Crippen LogP) is 23.4. The van der Waals surface area contributed by atoms with E-state index in [-0.39, 0.29) is 22.4 Å². The Hall–Kier alpha value is 0.540. The first-order valence-corrected chi connectivity index (χ1v) is 35.1. The Kier molecular flexibility index (Phi) is 113. The molecular formula is C70H150NbO5. The van der Waals surface area contributed by atoms with Crippen molar-refractivity contribution in [1.82, 2.24) is 0 Å². The summed E-state index contributed by atoms with van der Waals surface area (Å²) in [6.45, 7) is 13.2. The molecule has 0 rings (SSSR count). The van der Waals surface area contributed by atoms with Crippen LogP contribution in [-0.4, -0.2) is 58.6 Å². The first-order valence-electron chi connectivity index (χ1n) is 35.1. The second-order valence-corrected chi connectivity index (χ2v) is 23.1. The van der Waals surface area contributed by atoms with Crippen LogP contribution in [0.5, 0.6) is 0 Å². The monoisotopic (exact) mass is 1160 g/mol. The molecule has 0 atom stereocenters. The van der Waals surface area contributed by atoms with Gasteiger partial charge in [0.05, 0.1) is 0 Å². The number of hydrogen-bond acceptors (Lipinski definition) is 5. The molecule has 0 aliphatic carbocycles. The molecule has 6 heteroatoms. The van der Waals surface area contributed by atoms with Gasteiger partial charge in [0.1, 0.15) is 0 Å². The van der Waals surface area contributed by atoms with Gasteiger partial charge in [-0.05, 0) is 32.1 Å². The van der Waals surface area contributed by atoms with Crippen molar-refractivity contribution in [2.24, 2.45) is 0 Å². The average Bonchev–Trinajstić information content (AvgIpc) is 3.42. The smallest absolute Gasteiger partial charge is 0.0431 e. The molecule has 465 valence electrons. The second-order valence-electron chi connectivity index (χ2n) is 23.1. The molecule has 76 heavy (non-hydrogen) atoms. The van der Waals surface area contributed by atoms with Crippen molar-refractivity contribution >= 4 is 0 Å². The molecule has 0 fully saturated rings. The van der Waals surface area contributed by atoms with Gasteiger partial charge in [-0.2, -0.15) is 0 Å². The first-order chi connectivity index (χ1) is 37.1. The largest absolute Gasteiger partial charge is 0.396 e. The summed E-state index contributed by atoms with van der Waals surface area (Å²) in [5, 5.41) is 43.0. The summed E-state index contributed by atoms with van der Waals surface area (Å²) in [6.07, 6.45) is 81.2. The zero-order chi connectivity index (χ0) is 56.0. The van der Waals surface area contributed by atoms with E-state index in [1.807, 2.05) is 0 Å². The van der Waals surface area contributed by atoms with Crippen LogP contribution in [0.2, 0.25) is 0 Å². The molecule has 0 aromatic heterocycles. The van der Waals surface area contributed by atoms with Crippen molar-refractivity contribution < 1.29 is 47.9 Å². The first kappa shape index (κ1) is 87.8. The fraction of sp³-hybridized carbons (Fsp3) is 1.00. The molecule has 0 bridgehead atoms. The van der Waals surface area contributed by atoms with Crippen LogP contribution in [0.4, 0.5) is 0 Å². The topological polar surface area (TPSA) is 101 Å². The van der Waals surface area contributed by atoms with E-state index in [0.29, 0.717) is 33.0 Å². The van der Waals surface area contributed by atoms with Crippen LogP contribution in [0, 0.1) is 0 Å². The summed E-state index contributed by atoms with van der Waals surface area (Å²) < 4.78 is 0. The average molecular weight is 1160 g/mol. The number of aliphatic hydroxyl groups is 5. The summed E-state index contributed by atoms with van der Waals surface area (Å²) in [7, 11) is 0. The molecule has 0 saturated heterocycles. The maximum absolute atomic E-state index is 8.61. The molecule has 5 N–H and O–H groups in total. The van der Waals surface area contributed by atoms with Gasteiger partial charge in [0.15, 0.2) is 0 Å². The predicted molar refractivity (Wildman–Crippen MR) is 341 cm³/mol.